The lowest BCUT2D eigenvalue weighted by Gasteiger charge is -1.90. The lowest BCUT2D eigenvalue weighted by Crippen LogP contribution is -2.89. The average molecular weight is 160 g/mol. The van der Waals surface area contributed by atoms with Crippen molar-refractivity contribution >= 4 is 9.84 Å². The average Bonchev–Trinajstić information content (AvgIpc) is 2.59. The Labute approximate surface area is 60.2 Å². The Kier molecular flexibility index (Phi) is 1.16. The first-order valence-electron chi connectivity index (χ1n) is 3.46. The molecule has 2 aliphatic rings. The maximum atomic E-state index is 10.9. The van der Waals surface area contributed by atoms with Gasteiger partial charge in [-0.05, 0) is 0 Å². The molecule has 0 aromatic rings. The van der Waals surface area contributed by atoms with E-state index in [4.69, 9.17) is 0 Å². The molecular weight excluding hydrogens is 150 g/mol. The zero-order valence-corrected chi connectivity index (χ0v) is 6.45. The summed E-state index contributed by atoms with van der Waals surface area (Å²) in [6.45, 7) is 2.25. The number of rotatable bonds is 1. The second-order valence-corrected chi connectivity index (χ2v) is 4.83. The topological polar surface area (TPSA) is 38.6 Å². The van der Waals surface area contributed by atoms with Gasteiger partial charge in [0.1, 0.15) is 18.8 Å². The lowest BCUT2D eigenvalue weighted by atomic mass is 10.4. The van der Waals surface area contributed by atoms with Crippen molar-refractivity contribution in [2.75, 3.05) is 18.8 Å². The summed E-state index contributed by atoms with van der Waals surface area (Å²) in [7, 11) is -2.78. The van der Waals surface area contributed by atoms with Gasteiger partial charge in [-0.25, -0.2) is 8.42 Å². The Morgan fingerprint density at radius 2 is 2.10 bits per heavy atom. The van der Waals surface area contributed by atoms with Crippen molar-refractivity contribution in [3.63, 3.8) is 0 Å². The predicted octanol–water partition coefficient (Wildman–Crippen LogP) is -1.46. The third-order valence-corrected chi connectivity index (χ3v) is 3.35. The summed E-state index contributed by atoms with van der Waals surface area (Å²) in [6.07, 6.45) is 0.762. The smallest absolute Gasteiger partial charge is 0.177 e. The summed E-state index contributed by atoms with van der Waals surface area (Å²) in [6, 6.07) is 0. The molecule has 3 nitrogen and oxygen atoms in total. The van der Waals surface area contributed by atoms with E-state index >= 15 is 0 Å². The number of nitrogens with one attached hydrogen (secondary N) is 1. The number of hydrogen-bond acceptors (Lipinski definition) is 2. The van der Waals surface area contributed by atoms with Gasteiger partial charge in [0.2, 0.25) is 0 Å². The highest BCUT2D eigenvalue weighted by atomic mass is 32.2. The van der Waals surface area contributed by atoms with Crippen LogP contribution >= 0.6 is 0 Å². The molecule has 0 bridgehead atoms. The minimum absolute atomic E-state index is 0.339. The summed E-state index contributed by atoms with van der Waals surface area (Å²) >= 11 is 0. The fourth-order valence-electron chi connectivity index (χ4n) is 1.23. The minimum atomic E-state index is -2.78. The van der Waals surface area contributed by atoms with Crippen LogP contribution < -0.4 is 4.90 Å². The molecule has 0 aliphatic carbocycles. The molecule has 0 radical (unpaired) electrons. The molecule has 56 valence electrons. The normalized spacial score (nSPS) is 30.2. The van der Waals surface area contributed by atoms with Crippen LogP contribution in [0.1, 0.15) is 6.42 Å². The molecule has 0 aromatic heterocycles. The van der Waals surface area contributed by atoms with Gasteiger partial charge in [-0.15, -0.1) is 0 Å². The van der Waals surface area contributed by atoms with Crippen molar-refractivity contribution in [2.45, 2.75) is 6.42 Å². The van der Waals surface area contributed by atoms with E-state index in [0.29, 0.717) is 5.75 Å². The van der Waals surface area contributed by atoms with Crippen LogP contribution in [0.4, 0.5) is 0 Å². The molecule has 2 aliphatic heterocycles. The van der Waals surface area contributed by atoms with Crippen molar-refractivity contribution in [3.8, 4) is 0 Å². The SMILES string of the molecule is O=S1(=O)C=C([NH+]2CC2)CC1. The molecule has 1 N–H and O–H groups in total. The molecule has 0 saturated carbocycles. The van der Waals surface area contributed by atoms with Gasteiger partial charge >= 0.3 is 0 Å². The van der Waals surface area contributed by atoms with E-state index in [1.54, 1.807) is 0 Å². The maximum absolute atomic E-state index is 10.9. The van der Waals surface area contributed by atoms with E-state index in [1.807, 2.05) is 0 Å². The molecular formula is C6H10NO2S+. The van der Waals surface area contributed by atoms with Gasteiger partial charge in [-0.1, -0.05) is 0 Å². The van der Waals surface area contributed by atoms with Crippen molar-refractivity contribution in [1.29, 1.82) is 0 Å². The van der Waals surface area contributed by atoms with E-state index in [1.165, 1.54) is 10.3 Å². The standard InChI is InChI=1S/C6H9NO2S/c8-10(9)4-1-6(5-10)7-2-3-7/h5H,1-4H2/p+1. The summed E-state index contributed by atoms with van der Waals surface area (Å²) in [5, 5.41) is 1.45. The van der Waals surface area contributed by atoms with Crippen LogP contribution in [0, 0.1) is 0 Å². The van der Waals surface area contributed by atoms with Gasteiger partial charge in [-0.3, -0.25) is 4.90 Å². The fourth-order valence-corrected chi connectivity index (χ4v) is 2.57. The van der Waals surface area contributed by atoms with Crippen molar-refractivity contribution in [3.05, 3.63) is 11.1 Å². The molecule has 0 spiro atoms. The first-order chi connectivity index (χ1) is 4.67. The van der Waals surface area contributed by atoms with Crippen molar-refractivity contribution in [1.82, 2.24) is 0 Å². The summed E-state index contributed by atoms with van der Waals surface area (Å²) in [5.41, 5.74) is 1.10. The van der Waals surface area contributed by atoms with E-state index in [2.05, 4.69) is 0 Å². The second-order valence-electron chi connectivity index (χ2n) is 2.86. The number of sulfone groups is 1. The van der Waals surface area contributed by atoms with Crippen LogP contribution in [-0.2, 0) is 9.84 Å². The molecule has 0 atom stereocenters. The van der Waals surface area contributed by atoms with Crippen molar-refractivity contribution < 1.29 is 13.3 Å². The third kappa shape index (κ3) is 1.09. The molecule has 4 heteroatoms. The van der Waals surface area contributed by atoms with E-state index in [-0.39, 0.29) is 0 Å². The lowest BCUT2D eigenvalue weighted by molar-refractivity contribution is -0.713. The largest absolute Gasteiger partial charge is 0.296 e. The Morgan fingerprint density at radius 1 is 1.40 bits per heavy atom. The van der Waals surface area contributed by atoms with Gasteiger partial charge < -0.3 is 0 Å². The highest BCUT2D eigenvalue weighted by Gasteiger charge is 2.33. The summed E-state index contributed by atoms with van der Waals surface area (Å²) < 4.78 is 21.8. The first-order valence-corrected chi connectivity index (χ1v) is 5.17. The Bertz CT molecular complexity index is 274. The van der Waals surface area contributed by atoms with E-state index in [0.717, 1.165) is 25.2 Å². The third-order valence-electron chi connectivity index (χ3n) is 1.93. The highest BCUT2D eigenvalue weighted by Crippen LogP contribution is 2.11. The molecule has 2 rings (SSSR count). The molecule has 2 heterocycles. The molecule has 1 saturated heterocycles. The molecule has 10 heavy (non-hydrogen) atoms. The molecule has 0 unspecified atom stereocenters. The van der Waals surface area contributed by atoms with Crippen LogP contribution in [-0.4, -0.2) is 27.3 Å². The molecule has 1 fully saturated rings. The molecule has 0 amide bonds. The van der Waals surface area contributed by atoms with E-state index < -0.39 is 9.84 Å². The van der Waals surface area contributed by atoms with Crippen LogP contribution in [0.25, 0.3) is 0 Å². The second kappa shape index (κ2) is 1.83. The van der Waals surface area contributed by atoms with E-state index in [9.17, 15) is 8.42 Å². The maximum Gasteiger partial charge on any atom is 0.177 e. The van der Waals surface area contributed by atoms with Gasteiger partial charge in [0, 0.05) is 6.42 Å². The quantitative estimate of drug-likeness (QED) is 0.476. The number of allylic oxidation sites excluding steroid dienone is 1. The highest BCUT2D eigenvalue weighted by molar-refractivity contribution is 7.94. The van der Waals surface area contributed by atoms with Crippen molar-refractivity contribution in [2.24, 2.45) is 0 Å². The zero-order chi connectivity index (χ0) is 7.19. The Hall–Kier alpha value is -0.350. The summed E-state index contributed by atoms with van der Waals surface area (Å²) in [5.74, 6) is 0.339. The van der Waals surface area contributed by atoms with Crippen LogP contribution in [0.2, 0.25) is 0 Å². The van der Waals surface area contributed by atoms with Crippen LogP contribution in [0.3, 0.4) is 0 Å². The van der Waals surface area contributed by atoms with Gasteiger partial charge in [0.25, 0.3) is 0 Å². The Balaban J connectivity index is 2.25. The monoisotopic (exact) mass is 160 g/mol. The predicted molar refractivity (Wildman–Crippen MR) is 37.2 cm³/mol. The minimum Gasteiger partial charge on any atom is -0.296 e. The summed E-state index contributed by atoms with van der Waals surface area (Å²) in [4.78, 5) is 1.36. The van der Waals surface area contributed by atoms with Gasteiger partial charge in [0.15, 0.2) is 9.84 Å². The number of quaternary nitrogens is 1. The van der Waals surface area contributed by atoms with Gasteiger partial charge in [0.05, 0.1) is 11.2 Å². The van der Waals surface area contributed by atoms with Crippen LogP contribution in [0.5, 0.6) is 0 Å². The number of hydrogen-bond donors (Lipinski definition) is 1. The molecule has 0 aromatic carbocycles. The first kappa shape index (κ1) is 6.37. The zero-order valence-electron chi connectivity index (χ0n) is 5.63. The Morgan fingerprint density at radius 3 is 2.50 bits per heavy atom. The van der Waals surface area contributed by atoms with Gasteiger partial charge in [-0.2, -0.15) is 0 Å². The van der Waals surface area contributed by atoms with Crippen LogP contribution in [0.15, 0.2) is 11.1 Å². The fraction of sp³-hybridized carbons (Fsp3) is 0.667.